The smallest absolute Gasteiger partial charge is 0.235 e. The second-order valence-electron chi connectivity index (χ2n) is 4.59. The Morgan fingerprint density at radius 2 is 1.82 bits per heavy atom. The number of primary amides is 1. The summed E-state index contributed by atoms with van der Waals surface area (Å²) in [7, 11) is 0. The molecule has 2 rings (SSSR count). The average Bonchev–Trinajstić information content (AvgIpc) is 2.38. The second kappa shape index (κ2) is 6.10. The van der Waals surface area contributed by atoms with E-state index in [0.717, 1.165) is 5.56 Å². The number of carbonyl (C=O) groups excluding carboxylic acids is 1. The molecule has 0 saturated heterocycles. The molecule has 1 amide bonds. The van der Waals surface area contributed by atoms with E-state index in [4.69, 9.17) is 5.73 Å². The van der Waals surface area contributed by atoms with Gasteiger partial charge in [0.2, 0.25) is 5.91 Å². The quantitative estimate of drug-likeness (QED) is 0.890. The number of rotatable bonds is 4. The van der Waals surface area contributed by atoms with E-state index in [9.17, 15) is 4.79 Å². The summed E-state index contributed by atoms with van der Waals surface area (Å²) in [5.41, 5.74) is 6.56. The molecule has 0 radical (unpaired) electrons. The van der Waals surface area contributed by atoms with Crippen molar-refractivity contribution in [2.45, 2.75) is 42.6 Å². The van der Waals surface area contributed by atoms with E-state index in [1.165, 1.54) is 32.1 Å². The highest BCUT2D eigenvalue weighted by Crippen LogP contribution is 2.38. The summed E-state index contributed by atoms with van der Waals surface area (Å²) in [6.45, 7) is 0. The van der Waals surface area contributed by atoms with Crippen LogP contribution < -0.4 is 5.73 Å². The van der Waals surface area contributed by atoms with Gasteiger partial charge < -0.3 is 5.73 Å². The Morgan fingerprint density at radius 1 is 1.18 bits per heavy atom. The van der Waals surface area contributed by atoms with Crippen molar-refractivity contribution in [3.63, 3.8) is 0 Å². The zero-order valence-electron chi connectivity index (χ0n) is 9.97. The third-order valence-electron chi connectivity index (χ3n) is 3.24. The van der Waals surface area contributed by atoms with Crippen LogP contribution in [0.5, 0.6) is 0 Å². The van der Waals surface area contributed by atoms with Crippen molar-refractivity contribution < 1.29 is 4.79 Å². The molecule has 0 heterocycles. The minimum Gasteiger partial charge on any atom is -0.368 e. The van der Waals surface area contributed by atoms with Crippen LogP contribution in [0.1, 0.15) is 42.9 Å². The molecule has 92 valence electrons. The molecule has 2 N–H and O–H groups in total. The van der Waals surface area contributed by atoms with Crippen molar-refractivity contribution in [3.8, 4) is 0 Å². The molecule has 3 heteroatoms. The van der Waals surface area contributed by atoms with E-state index in [-0.39, 0.29) is 11.2 Å². The lowest BCUT2D eigenvalue weighted by Crippen LogP contribution is -2.22. The number of thioether (sulfide) groups is 1. The van der Waals surface area contributed by atoms with Gasteiger partial charge in [-0.25, -0.2) is 0 Å². The molecule has 1 atom stereocenters. The van der Waals surface area contributed by atoms with Crippen molar-refractivity contribution in [1.29, 1.82) is 0 Å². The van der Waals surface area contributed by atoms with Gasteiger partial charge in [0, 0.05) is 5.25 Å². The summed E-state index contributed by atoms with van der Waals surface area (Å²) in [6.07, 6.45) is 6.36. The summed E-state index contributed by atoms with van der Waals surface area (Å²) in [4.78, 5) is 11.6. The van der Waals surface area contributed by atoms with E-state index < -0.39 is 0 Å². The monoisotopic (exact) mass is 249 g/mol. The summed E-state index contributed by atoms with van der Waals surface area (Å²) < 4.78 is 0. The number of hydrogen-bond donors (Lipinski definition) is 1. The van der Waals surface area contributed by atoms with Gasteiger partial charge in [-0.15, -0.1) is 11.8 Å². The van der Waals surface area contributed by atoms with Crippen LogP contribution in [-0.4, -0.2) is 11.2 Å². The third-order valence-corrected chi connectivity index (χ3v) is 4.87. The van der Waals surface area contributed by atoms with Crippen LogP contribution in [0.2, 0.25) is 0 Å². The van der Waals surface area contributed by atoms with E-state index in [1.54, 1.807) is 11.8 Å². The zero-order valence-corrected chi connectivity index (χ0v) is 10.8. The van der Waals surface area contributed by atoms with Gasteiger partial charge in [0.25, 0.3) is 0 Å². The van der Waals surface area contributed by atoms with Crippen LogP contribution in [0, 0.1) is 0 Å². The maximum atomic E-state index is 11.6. The molecule has 1 saturated carbocycles. The highest BCUT2D eigenvalue weighted by Gasteiger charge is 2.24. The minimum absolute atomic E-state index is 0.181. The highest BCUT2D eigenvalue weighted by atomic mass is 32.2. The van der Waals surface area contributed by atoms with Crippen LogP contribution in [0.25, 0.3) is 0 Å². The number of benzene rings is 1. The Kier molecular flexibility index (Phi) is 4.49. The highest BCUT2D eigenvalue weighted by molar-refractivity contribution is 8.00. The van der Waals surface area contributed by atoms with Gasteiger partial charge in [0.05, 0.1) is 0 Å². The third kappa shape index (κ3) is 3.50. The van der Waals surface area contributed by atoms with Gasteiger partial charge in [-0.05, 0) is 18.4 Å². The molecule has 0 aliphatic heterocycles. The average molecular weight is 249 g/mol. The first-order valence-electron chi connectivity index (χ1n) is 6.27. The van der Waals surface area contributed by atoms with Crippen molar-refractivity contribution in [1.82, 2.24) is 0 Å². The van der Waals surface area contributed by atoms with Crippen molar-refractivity contribution in [2.24, 2.45) is 5.73 Å². The molecule has 17 heavy (non-hydrogen) atoms. The standard InChI is InChI=1S/C14H19NOS/c15-14(16)13(11-7-3-1-4-8-11)17-12-9-5-2-6-10-12/h1,3-4,7-8,12-13H,2,5-6,9-10H2,(H2,15,16). The zero-order chi connectivity index (χ0) is 12.1. The Bertz CT molecular complexity index is 360. The maximum Gasteiger partial charge on any atom is 0.235 e. The van der Waals surface area contributed by atoms with E-state index in [2.05, 4.69) is 0 Å². The van der Waals surface area contributed by atoms with E-state index in [0.29, 0.717) is 5.25 Å². The molecular weight excluding hydrogens is 230 g/mol. The lowest BCUT2D eigenvalue weighted by atomic mass is 10.0. The largest absolute Gasteiger partial charge is 0.368 e. The van der Waals surface area contributed by atoms with Crippen LogP contribution >= 0.6 is 11.8 Å². The first-order valence-corrected chi connectivity index (χ1v) is 7.21. The molecule has 2 nitrogen and oxygen atoms in total. The predicted octanol–water partition coefficient (Wildman–Crippen LogP) is 3.28. The normalized spacial score (nSPS) is 18.8. The summed E-state index contributed by atoms with van der Waals surface area (Å²) in [6, 6.07) is 9.88. The molecule has 1 fully saturated rings. The minimum atomic E-state index is -0.216. The topological polar surface area (TPSA) is 43.1 Å². The molecule has 1 aliphatic carbocycles. The van der Waals surface area contributed by atoms with Gasteiger partial charge >= 0.3 is 0 Å². The van der Waals surface area contributed by atoms with Crippen LogP contribution in [0.15, 0.2) is 30.3 Å². The van der Waals surface area contributed by atoms with E-state index in [1.807, 2.05) is 30.3 Å². The molecule has 0 aromatic heterocycles. The summed E-state index contributed by atoms with van der Waals surface area (Å²) >= 11 is 1.75. The fraction of sp³-hybridized carbons (Fsp3) is 0.500. The SMILES string of the molecule is NC(=O)C(SC1CCCCC1)c1ccccc1. The predicted molar refractivity (Wildman–Crippen MR) is 72.8 cm³/mol. The number of nitrogens with two attached hydrogens (primary N) is 1. The van der Waals surface area contributed by atoms with Crippen LogP contribution in [0.4, 0.5) is 0 Å². The van der Waals surface area contributed by atoms with Crippen LogP contribution in [0.3, 0.4) is 0 Å². The number of amides is 1. The van der Waals surface area contributed by atoms with Gasteiger partial charge in [0.1, 0.15) is 5.25 Å². The fourth-order valence-corrected chi connectivity index (χ4v) is 3.77. The fourth-order valence-electron chi connectivity index (χ4n) is 2.33. The molecule has 1 aliphatic rings. The van der Waals surface area contributed by atoms with Crippen LogP contribution in [-0.2, 0) is 4.79 Å². The lowest BCUT2D eigenvalue weighted by Gasteiger charge is -2.24. The van der Waals surface area contributed by atoms with Crippen molar-refractivity contribution in [3.05, 3.63) is 35.9 Å². The molecule has 0 spiro atoms. The molecular formula is C14H19NOS. The second-order valence-corrected chi connectivity index (χ2v) is 6.00. The Morgan fingerprint density at radius 3 is 2.41 bits per heavy atom. The number of hydrogen-bond acceptors (Lipinski definition) is 2. The molecule has 1 aromatic carbocycles. The Labute approximate surface area is 107 Å². The van der Waals surface area contributed by atoms with Crippen molar-refractivity contribution in [2.75, 3.05) is 0 Å². The van der Waals surface area contributed by atoms with Gasteiger partial charge in [0.15, 0.2) is 0 Å². The van der Waals surface area contributed by atoms with Gasteiger partial charge in [-0.2, -0.15) is 0 Å². The molecule has 1 aromatic rings. The first-order chi connectivity index (χ1) is 8.27. The Hall–Kier alpha value is -0.960. The maximum absolute atomic E-state index is 11.6. The van der Waals surface area contributed by atoms with Gasteiger partial charge in [-0.1, -0.05) is 49.6 Å². The summed E-state index contributed by atoms with van der Waals surface area (Å²) in [5.74, 6) is -0.216. The first kappa shape index (κ1) is 12.5. The molecule has 0 bridgehead atoms. The Balaban J connectivity index is 2.05. The molecule has 1 unspecified atom stereocenters. The summed E-state index contributed by atoms with van der Waals surface area (Å²) in [5, 5.41) is 0.417. The van der Waals surface area contributed by atoms with E-state index >= 15 is 0 Å². The number of carbonyl (C=O) groups is 1. The lowest BCUT2D eigenvalue weighted by molar-refractivity contribution is -0.117. The van der Waals surface area contributed by atoms with Gasteiger partial charge in [-0.3, -0.25) is 4.79 Å². The van der Waals surface area contributed by atoms with Crippen molar-refractivity contribution >= 4 is 17.7 Å².